The van der Waals surface area contributed by atoms with Gasteiger partial charge in [0.15, 0.2) is 0 Å². The Labute approximate surface area is 153 Å². The summed E-state index contributed by atoms with van der Waals surface area (Å²) in [5.74, 6) is 0.0230. The van der Waals surface area contributed by atoms with Gasteiger partial charge in [0.25, 0.3) is 10.0 Å². The minimum atomic E-state index is -3.43. The summed E-state index contributed by atoms with van der Waals surface area (Å²) >= 11 is 4.53. The highest BCUT2D eigenvalue weighted by Crippen LogP contribution is 2.22. The highest BCUT2D eigenvalue weighted by Gasteiger charge is 2.30. The minimum absolute atomic E-state index is 0.0230. The number of aromatic nitrogens is 2. The number of thiophene rings is 1. The number of rotatable bonds is 5. The molecule has 0 N–H and O–H groups in total. The van der Waals surface area contributed by atoms with E-state index in [-0.39, 0.29) is 5.91 Å². The van der Waals surface area contributed by atoms with E-state index in [0.29, 0.717) is 43.4 Å². The molecule has 1 aliphatic heterocycles. The maximum absolute atomic E-state index is 12.5. The van der Waals surface area contributed by atoms with Crippen LogP contribution < -0.4 is 0 Å². The van der Waals surface area contributed by atoms with Crippen LogP contribution in [0.2, 0.25) is 0 Å². The molecule has 0 spiro atoms. The van der Waals surface area contributed by atoms with Crippen molar-refractivity contribution in [2.75, 3.05) is 26.2 Å². The zero-order valence-electron chi connectivity index (χ0n) is 12.8. The van der Waals surface area contributed by atoms with Gasteiger partial charge in [0.2, 0.25) is 5.91 Å². The lowest BCUT2D eigenvalue weighted by molar-refractivity contribution is -0.132. The van der Waals surface area contributed by atoms with Gasteiger partial charge in [-0.2, -0.15) is 9.40 Å². The highest BCUT2D eigenvalue weighted by atomic mass is 79.9. The lowest BCUT2D eigenvalue weighted by Crippen LogP contribution is -2.50. The number of aryl methyl sites for hydroxylation is 1. The molecule has 0 bridgehead atoms. The van der Waals surface area contributed by atoms with E-state index < -0.39 is 10.0 Å². The van der Waals surface area contributed by atoms with Crippen LogP contribution in [0.15, 0.2) is 38.6 Å². The van der Waals surface area contributed by atoms with Crippen LogP contribution in [0.25, 0.3) is 0 Å². The molecule has 3 rings (SSSR count). The summed E-state index contributed by atoms with van der Waals surface area (Å²) in [6, 6.07) is 3.34. The third kappa shape index (κ3) is 3.88. The first kappa shape index (κ1) is 17.6. The summed E-state index contributed by atoms with van der Waals surface area (Å²) in [5, 5.41) is 5.87. The molecule has 1 amide bonds. The molecule has 1 saturated heterocycles. The molecule has 2 aromatic heterocycles. The number of carbonyl (C=O) groups is 1. The van der Waals surface area contributed by atoms with Gasteiger partial charge in [-0.3, -0.25) is 9.48 Å². The van der Waals surface area contributed by atoms with Crippen LogP contribution in [0.5, 0.6) is 0 Å². The molecule has 0 radical (unpaired) electrons. The summed E-state index contributed by atoms with van der Waals surface area (Å²) < 4.78 is 29.3. The van der Waals surface area contributed by atoms with E-state index in [1.807, 2.05) is 6.20 Å². The molecule has 7 nitrogen and oxygen atoms in total. The first-order valence-electron chi connectivity index (χ1n) is 7.46. The average molecular weight is 433 g/mol. The van der Waals surface area contributed by atoms with Gasteiger partial charge in [0, 0.05) is 45.3 Å². The smallest absolute Gasteiger partial charge is 0.252 e. The minimum Gasteiger partial charge on any atom is -0.340 e. The third-order valence-electron chi connectivity index (χ3n) is 3.84. The number of nitrogens with zero attached hydrogens (tertiary/aromatic N) is 4. The molecule has 1 fully saturated rings. The normalized spacial score (nSPS) is 16.5. The van der Waals surface area contributed by atoms with Gasteiger partial charge in [0.1, 0.15) is 4.21 Å². The number of amides is 1. The summed E-state index contributed by atoms with van der Waals surface area (Å²) in [6.45, 7) is 2.02. The van der Waals surface area contributed by atoms with Gasteiger partial charge in [-0.05, 0) is 27.4 Å². The SMILES string of the molecule is O=C(CCn1cc(Br)cn1)N1CCN(S(=O)(=O)c2cccs2)CC1. The fourth-order valence-corrected chi connectivity index (χ4v) is 5.44. The second-order valence-electron chi connectivity index (χ2n) is 5.39. The van der Waals surface area contributed by atoms with Crippen LogP contribution in [0.1, 0.15) is 6.42 Å². The van der Waals surface area contributed by atoms with Crippen molar-refractivity contribution < 1.29 is 13.2 Å². The molecule has 0 unspecified atom stereocenters. The Bertz CT molecular complexity index is 796. The monoisotopic (exact) mass is 432 g/mol. The Balaban J connectivity index is 1.52. The Morgan fingerprint density at radius 1 is 1.29 bits per heavy atom. The second kappa shape index (κ2) is 7.34. The summed E-state index contributed by atoms with van der Waals surface area (Å²) in [4.78, 5) is 14.0. The standard InChI is InChI=1S/C14H17BrN4O3S2/c15-12-10-16-18(11-12)4-3-13(20)17-5-7-19(8-6-17)24(21,22)14-2-1-9-23-14/h1-2,9-11H,3-8H2. The largest absolute Gasteiger partial charge is 0.340 e. The molecule has 24 heavy (non-hydrogen) atoms. The summed E-state index contributed by atoms with van der Waals surface area (Å²) in [7, 11) is -3.43. The Kier molecular flexibility index (Phi) is 5.38. The van der Waals surface area contributed by atoms with Crippen LogP contribution in [-0.4, -0.2) is 59.5 Å². The van der Waals surface area contributed by atoms with Crippen LogP contribution in [-0.2, 0) is 21.4 Å². The van der Waals surface area contributed by atoms with Crippen LogP contribution in [0, 0.1) is 0 Å². The van der Waals surface area contributed by atoms with E-state index in [1.54, 1.807) is 33.3 Å². The third-order valence-corrected chi connectivity index (χ3v) is 7.52. The highest BCUT2D eigenvalue weighted by molar-refractivity contribution is 9.10. The van der Waals surface area contributed by atoms with Gasteiger partial charge in [-0.15, -0.1) is 11.3 Å². The van der Waals surface area contributed by atoms with E-state index in [2.05, 4.69) is 21.0 Å². The maximum Gasteiger partial charge on any atom is 0.252 e. The van der Waals surface area contributed by atoms with Crippen molar-refractivity contribution >= 4 is 43.2 Å². The van der Waals surface area contributed by atoms with Crippen LogP contribution in [0.3, 0.4) is 0 Å². The zero-order valence-corrected chi connectivity index (χ0v) is 16.1. The lowest BCUT2D eigenvalue weighted by atomic mass is 10.3. The van der Waals surface area contributed by atoms with E-state index >= 15 is 0 Å². The number of halogens is 1. The number of hydrogen-bond acceptors (Lipinski definition) is 5. The van der Waals surface area contributed by atoms with E-state index in [4.69, 9.17) is 0 Å². The van der Waals surface area contributed by atoms with Gasteiger partial charge in [-0.25, -0.2) is 8.42 Å². The molecule has 130 valence electrons. The molecule has 10 heteroatoms. The van der Waals surface area contributed by atoms with Gasteiger partial charge >= 0.3 is 0 Å². The first-order chi connectivity index (χ1) is 11.5. The Morgan fingerprint density at radius 3 is 2.62 bits per heavy atom. The predicted molar refractivity (Wildman–Crippen MR) is 94.2 cm³/mol. The average Bonchev–Trinajstić information content (AvgIpc) is 3.24. The molecule has 0 aromatic carbocycles. The molecular formula is C14H17BrN4O3S2. The van der Waals surface area contributed by atoms with Crippen molar-refractivity contribution in [3.05, 3.63) is 34.4 Å². The summed E-state index contributed by atoms with van der Waals surface area (Å²) in [6.07, 6.45) is 3.85. The van der Waals surface area contributed by atoms with E-state index in [9.17, 15) is 13.2 Å². The van der Waals surface area contributed by atoms with Crippen LogP contribution >= 0.6 is 27.3 Å². The van der Waals surface area contributed by atoms with Crippen molar-refractivity contribution in [2.45, 2.75) is 17.2 Å². The first-order valence-corrected chi connectivity index (χ1v) is 10.6. The van der Waals surface area contributed by atoms with Gasteiger partial charge in [0.05, 0.1) is 10.7 Å². The number of sulfonamides is 1. The van der Waals surface area contributed by atoms with E-state index in [0.717, 1.165) is 4.47 Å². The Morgan fingerprint density at radius 2 is 2.04 bits per heavy atom. The van der Waals surface area contributed by atoms with Crippen molar-refractivity contribution in [2.24, 2.45) is 0 Å². The van der Waals surface area contributed by atoms with Gasteiger partial charge < -0.3 is 4.90 Å². The van der Waals surface area contributed by atoms with E-state index in [1.165, 1.54) is 15.6 Å². The molecule has 2 aromatic rings. The summed E-state index contributed by atoms with van der Waals surface area (Å²) in [5.41, 5.74) is 0. The fourth-order valence-electron chi connectivity index (χ4n) is 2.54. The molecule has 1 aliphatic rings. The molecule has 3 heterocycles. The number of piperazine rings is 1. The number of carbonyl (C=O) groups excluding carboxylic acids is 1. The van der Waals surface area contributed by atoms with Crippen LogP contribution in [0.4, 0.5) is 0 Å². The van der Waals surface area contributed by atoms with Gasteiger partial charge in [-0.1, -0.05) is 6.07 Å². The fraction of sp³-hybridized carbons (Fsp3) is 0.429. The van der Waals surface area contributed by atoms with Crippen molar-refractivity contribution in [3.63, 3.8) is 0 Å². The molecule has 0 aliphatic carbocycles. The zero-order chi connectivity index (χ0) is 17.2. The lowest BCUT2D eigenvalue weighted by Gasteiger charge is -2.33. The van der Waals surface area contributed by atoms with Crippen molar-refractivity contribution in [1.29, 1.82) is 0 Å². The predicted octanol–water partition coefficient (Wildman–Crippen LogP) is 1.63. The maximum atomic E-state index is 12.5. The second-order valence-corrected chi connectivity index (χ2v) is 9.42. The molecule has 0 atom stereocenters. The number of hydrogen-bond donors (Lipinski definition) is 0. The van der Waals surface area contributed by atoms with Crippen molar-refractivity contribution in [1.82, 2.24) is 19.0 Å². The van der Waals surface area contributed by atoms with Crippen molar-refractivity contribution in [3.8, 4) is 0 Å². The quantitative estimate of drug-likeness (QED) is 0.719. The Hall–Kier alpha value is -1.23. The molecule has 0 saturated carbocycles. The molecular weight excluding hydrogens is 416 g/mol. The topological polar surface area (TPSA) is 75.5 Å².